The van der Waals surface area contributed by atoms with E-state index in [1.165, 1.54) is 0 Å². The highest BCUT2D eigenvalue weighted by Crippen LogP contribution is 2.08. The molecule has 0 heterocycles. The Kier molecular flexibility index (Phi) is 8.67. The van der Waals surface area contributed by atoms with Crippen LogP contribution in [0.4, 0.5) is 0 Å². The standard InChI is InChI=1S/C24H28O3/c1-17(2)7-13-23(25)15-18(3)8-10-20(5)27-21(6)11-12-22-16-24(26)14-9-19(22)4/h7-16,25-26H,1,4H2,2-3,5-6H3/b13-7-,18-8+,20-10+,21-11+,22-12-,23-15+. The molecule has 0 atom stereocenters. The minimum absolute atomic E-state index is 0.166. The van der Waals surface area contributed by atoms with Gasteiger partial charge in [-0.05, 0) is 80.1 Å². The smallest absolute Gasteiger partial charge is 0.116 e. The molecule has 0 fully saturated rings. The van der Waals surface area contributed by atoms with Crippen LogP contribution < -0.4 is 10.4 Å². The van der Waals surface area contributed by atoms with E-state index in [1.54, 1.807) is 36.4 Å². The van der Waals surface area contributed by atoms with Crippen LogP contribution in [0.2, 0.25) is 0 Å². The van der Waals surface area contributed by atoms with Crippen molar-refractivity contribution in [2.45, 2.75) is 27.7 Å². The van der Waals surface area contributed by atoms with Crippen LogP contribution in [0.25, 0.3) is 12.7 Å². The van der Waals surface area contributed by atoms with Crippen LogP contribution >= 0.6 is 0 Å². The number of aliphatic hydroxyl groups is 1. The van der Waals surface area contributed by atoms with Crippen molar-refractivity contribution in [3.8, 4) is 5.75 Å². The van der Waals surface area contributed by atoms with E-state index in [1.807, 2.05) is 52.0 Å². The van der Waals surface area contributed by atoms with Gasteiger partial charge in [-0.2, -0.15) is 0 Å². The van der Waals surface area contributed by atoms with Crippen molar-refractivity contribution in [1.29, 1.82) is 0 Å². The molecule has 1 rings (SSSR count). The summed E-state index contributed by atoms with van der Waals surface area (Å²) in [6.07, 6.45) is 12.4. The molecule has 0 spiro atoms. The lowest BCUT2D eigenvalue weighted by Gasteiger charge is -2.04. The van der Waals surface area contributed by atoms with Gasteiger partial charge in [-0.25, -0.2) is 0 Å². The molecule has 0 unspecified atom stereocenters. The van der Waals surface area contributed by atoms with Crippen molar-refractivity contribution in [3.05, 3.63) is 100 Å². The number of aromatic hydroxyl groups is 1. The molecule has 0 bridgehead atoms. The third-order valence-electron chi connectivity index (χ3n) is 3.44. The minimum Gasteiger partial charge on any atom is -0.508 e. The normalized spacial score (nSPS) is 14.7. The molecular weight excluding hydrogens is 336 g/mol. The second-order valence-corrected chi connectivity index (χ2v) is 6.37. The fourth-order valence-electron chi connectivity index (χ4n) is 2.07. The van der Waals surface area contributed by atoms with E-state index in [0.29, 0.717) is 11.5 Å². The number of hydrogen-bond donors (Lipinski definition) is 2. The fourth-order valence-corrected chi connectivity index (χ4v) is 2.07. The Labute approximate surface area is 161 Å². The van der Waals surface area contributed by atoms with Crippen LogP contribution in [0.15, 0.2) is 89.7 Å². The summed E-state index contributed by atoms with van der Waals surface area (Å²) in [5.41, 5.74) is 1.76. The van der Waals surface area contributed by atoms with E-state index >= 15 is 0 Å². The minimum atomic E-state index is 0.166. The molecule has 2 N–H and O–H groups in total. The van der Waals surface area contributed by atoms with Crippen molar-refractivity contribution < 1.29 is 14.9 Å². The third kappa shape index (κ3) is 9.17. The molecule has 1 aromatic rings. The summed E-state index contributed by atoms with van der Waals surface area (Å²) in [5, 5.41) is 21.0. The topological polar surface area (TPSA) is 49.7 Å². The summed E-state index contributed by atoms with van der Waals surface area (Å²) in [6.45, 7) is 15.1. The van der Waals surface area contributed by atoms with Crippen LogP contribution in [0.3, 0.4) is 0 Å². The maximum Gasteiger partial charge on any atom is 0.116 e. The van der Waals surface area contributed by atoms with Gasteiger partial charge in [0.25, 0.3) is 0 Å². The Morgan fingerprint density at radius 2 is 1.67 bits per heavy atom. The molecule has 1 aromatic carbocycles. The Hall–Kier alpha value is -3.20. The molecule has 27 heavy (non-hydrogen) atoms. The molecule has 0 aliphatic heterocycles. The van der Waals surface area contributed by atoms with Gasteiger partial charge < -0.3 is 14.9 Å². The Balaban J connectivity index is 2.83. The van der Waals surface area contributed by atoms with Gasteiger partial charge in [0.05, 0.1) is 0 Å². The van der Waals surface area contributed by atoms with E-state index < -0.39 is 0 Å². The van der Waals surface area contributed by atoms with E-state index in [9.17, 15) is 10.2 Å². The second-order valence-electron chi connectivity index (χ2n) is 6.37. The highest BCUT2D eigenvalue weighted by molar-refractivity contribution is 5.41. The lowest BCUT2D eigenvalue weighted by atomic mass is 10.2. The Morgan fingerprint density at radius 1 is 1.00 bits per heavy atom. The van der Waals surface area contributed by atoms with E-state index in [4.69, 9.17) is 4.74 Å². The SMILES string of the molecule is C=C(C)\C=C/C(O)=C\C(C)=C\C=C(/C)O/C(C)=C/C=c1/cc(O)ccc1=C. The van der Waals surface area contributed by atoms with Crippen LogP contribution in [-0.4, -0.2) is 10.2 Å². The maximum absolute atomic E-state index is 9.80. The number of allylic oxidation sites excluding steroid dienone is 10. The zero-order valence-corrected chi connectivity index (χ0v) is 16.5. The van der Waals surface area contributed by atoms with Gasteiger partial charge in [0.15, 0.2) is 0 Å². The summed E-state index contributed by atoms with van der Waals surface area (Å²) in [6, 6.07) is 5.02. The van der Waals surface area contributed by atoms with Crippen LogP contribution in [0, 0.1) is 0 Å². The maximum atomic E-state index is 9.80. The first-order valence-electron chi connectivity index (χ1n) is 8.61. The van der Waals surface area contributed by atoms with Gasteiger partial charge in [-0.1, -0.05) is 43.0 Å². The van der Waals surface area contributed by atoms with Crippen molar-refractivity contribution >= 4 is 12.7 Å². The Morgan fingerprint density at radius 3 is 2.33 bits per heavy atom. The molecular formula is C24H28O3. The van der Waals surface area contributed by atoms with Gasteiger partial charge in [0, 0.05) is 0 Å². The number of rotatable bonds is 7. The van der Waals surface area contributed by atoms with Crippen molar-refractivity contribution in [2.24, 2.45) is 0 Å². The summed E-state index contributed by atoms with van der Waals surface area (Å²) < 4.78 is 5.73. The summed E-state index contributed by atoms with van der Waals surface area (Å²) >= 11 is 0. The first-order chi connectivity index (χ1) is 12.7. The van der Waals surface area contributed by atoms with Crippen molar-refractivity contribution in [2.75, 3.05) is 0 Å². The predicted molar refractivity (Wildman–Crippen MR) is 114 cm³/mol. The predicted octanol–water partition coefficient (Wildman–Crippen LogP) is 4.93. The number of phenols is 1. The van der Waals surface area contributed by atoms with Gasteiger partial charge in [0.2, 0.25) is 0 Å². The first kappa shape index (κ1) is 21.8. The molecule has 3 heteroatoms. The second kappa shape index (κ2) is 10.7. The van der Waals surface area contributed by atoms with Crippen molar-refractivity contribution in [3.63, 3.8) is 0 Å². The summed E-state index contributed by atoms with van der Waals surface area (Å²) in [5.74, 6) is 1.79. The van der Waals surface area contributed by atoms with Crippen LogP contribution in [0.5, 0.6) is 5.75 Å². The largest absolute Gasteiger partial charge is 0.508 e. The molecule has 3 nitrogen and oxygen atoms in total. The lowest BCUT2D eigenvalue weighted by molar-refractivity contribution is 0.310. The third-order valence-corrected chi connectivity index (χ3v) is 3.44. The highest BCUT2D eigenvalue weighted by Gasteiger charge is 1.93. The van der Waals surface area contributed by atoms with Gasteiger partial charge >= 0.3 is 0 Å². The zero-order chi connectivity index (χ0) is 20.4. The number of hydrogen-bond acceptors (Lipinski definition) is 3. The number of aliphatic hydroxyl groups excluding tert-OH is 1. The van der Waals surface area contributed by atoms with Crippen LogP contribution in [0.1, 0.15) is 27.7 Å². The van der Waals surface area contributed by atoms with Gasteiger partial charge in [0.1, 0.15) is 23.0 Å². The first-order valence-corrected chi connectivity index (χ1v) is 8.61. The average molecular weight is 364 g/mol. The zero-order valence-electron chi connectivity index (χ0n) is 16.5. The van der Waals surface area contributed by atoms with Crippen LogP contribution in [-0.2, 0) is 4.74 Å². The number of ether oxygens (including phenoxy) is 1. The average Bonchev–Trinajstić information content (AvgIpc) is 2.59. The fraction of sp³-hybridized carbons (Fsp3) is 0.167. The molecule has 0 amide bonds. The van der Waals surface area contributed by atoms with E-state index in [0.717, 1.165) is 21.6 Å². The van der Waals surface area contributed by atoms with E-state index in [-0.39, 0.29) is 11.5 Å². The summed E-state index contributed by atoms with van der Waals surface area (Å²) in [7, 11) is 0. The molecule has 0 saturated heterocycles. The van der Waals surface area contributed by atoms with Gasteiger partial charge in [-0.3, -0.25) is 0 Å². The van der Waals surface area contributed by atoms with Gasteiger partial charge in [-0.15, -0.1) is 0 Å². The van der Waals surface area contributed by atoms with Crippen molar-refractivity contribution in [1.82, 2.24) is 0 Å². The quantitative estimate of drug-likeness (QED) is 0.533. The number of phenolic OH excluding ortho intramolecular Hbond substituents is 1. The molecule has 0 aromatic heterocycles. The summed E-state index contributed by atoms with van der Waals surface area (Å²) in [4.78, 5) is 0. The molecule has 0 aliphatic rings. The molecule has 142 valence electrons. The monoisotopic (exact) mass is 364 g/mol. The highest BCUT2D eigenvalue weighted by atomic mass is 16.5. The number of benzene rings is 1. The molecule has 0 aliphatic carbocycles. The lowest BCUT2D eigenvalue weighted by Crippen LogP contribution is -2.21. The molecule has 0 radical (unpaired) electrons. The molecule has 0 saturated carbocycles. The van der Waals surface area contributed by atoms with E-state index in [2.05, 4.69) is 13.2 Å². The Bertz CT molecular complexity index is 938.